The van der Waals surface area contributed by atoms with Gasteiger partial charge in [0.2, 0.25) is 5.91 Å². The molecule has 1 atom stereocenters. The first kappa shape index (κ1) is 16.6. The van der Waals surface area contributed by atoms with Gasteiger partial charge in [-0.1, -0.05) is 17.8 Å². The standard InChI is InChI=1S/C17H19N3O3S/c1-10-4-5-14(23-3)13(6-10)19-15(21)7-12-9-24-17-18-8-11(2)16(22)20(12)17/h4-6,8,12H,7,9H2,1-3H3,(H,19,21)/t12-/m0/s1. The van der Waals surface area contributed by atoms with Crippen LogP contribution in [0.5, 0.6) is 5.75 Å². The lowest BCUT2D eigenvalue weighted by molar-refractivity contribution is -0.116. The number of carbonyl (C=O) groups excluding carboxylic acids is 1. The first-order valence-electron chi connectivity index (χ1n) is 7.65. The largest absolute Gasteiger partial charge is 0.495 e. The number of fused-ring (bicyclic) bond motifs is 1. The number of hydrogen-bond donors (Lipinski definition) is 1. The first-order chi connectivity index (χ1) is 11.5. The zero-order chi connectivity index (χ0) is 17.3. The van der Waals surface area contributed by atoms with Crippen molar-refractivity contribution in [3.8, 4) is 5.75 Å². The van der Waals surface area contributed by atoms with Crippen molar-refractivity contribution < 1.29 is 9.53 Å². The van der Waals surface area contributed by atoms with E-state index in [0.29, 0.717) is 27.9 Å². The number of nitrogens with one attached hydrogen (secondary N) is 1. The Morgan fingerprint density at radius 3 is 3.00 bits per heavy atom. The number of rotatable bonds is 4. The summed E-state index contributed by atoms with van der Waals surface area (Å²) < 4.78 is 6.91. The molecule has 2 heterocycles. The van der Waals surface area contributed by atoms with E-state index < -0.39 is 0 Å². The van der Waals surface area contributed by atoms with Crippen LogP contribution in [-0.4, -0.2) is 28.3 Å². The highest BCUT2D eigenvalue weighted by molar-refractivity contribution is 7.99. The van der Waals surface area contributed by atoms with E-state index in [-0.39, 0.29) is 23.9 Å². The summed E-state index contributed by atoms with van der Waals surface area (Å²) >= 11 is 1.50. The van der Waals surface area contributed by atoms with E-state index in [0.717, 1.165) is 5.56 Å². The Bertz CT molecular complexity index is 847. The Labute approximate surface area is 144 Å². The van der Waals surface area contributed by atoms with E-state index >= 15 is 0 Å². The maximum absolute atomic E-state index is 12.4. The molecule has 1 N–H and O–H groups in total. The Morgan fingerprint density at radius 2 is 2.25 bits per heavy atom. The third kappa shape index (κ3) is 3.17. The van der Waals surface area contributed by atoms with E-state index in [1.54, 1.807) is 24.8 Å². The quantitative estimate of drug-likeness (QED) is 0.862. The Kier molecular flexibility index (Phi) is 4.62. The van der Waals surface area contributed by atoms with Gasteiger partial charge >= 0.3 is 0 Å². The van der Waals surface area contributed by atoms with Crippen molar-refractivity contribution in [2.75, 3.05) is 18.2 Å². The maximum atomic E-state index is 12.4. The molecule has 126 valence electrons. The Hall–Kier alpha value is -2.28. The van der Waals surface area contributed by atoms with E-state index in [2.05, 4.69) is 10.3 Å². The predicted molar refractivity (Wildman–Crippen MR) is 94.0 cm³/mol. The van der Waals surface area contributed by atoms with Gasteiger partial charge < -0.3 is 10.1 Å². The summed E-state index contributed by atoms with van der Waals surface area (Å²) in [7, 11) is 1.57. The lowest BCUT2D eigenvalue weighted by Crippen LogP contribution is -2.28. The number of amides is 1. The first-order valence-corrected chi connectivity index (χ1v) is 8.63. The fraction of sp³-hybridized carbons (Fsp3) is 0.353. The fourth-order valence-corrected chi connectivity index (χ4v) is 3.81. The number of aromatic nitrogens is 2. The highest BCUT2D eigenvalue weighted by atomic mass is 32.2. The van der Waals surface area contributed by atoms with Crippen molar-refractivity contribution in [2.24, 2.45) is 0 Å². The molecule has 2 aromatic rings. The third-order valence-corrected chi connectivity index (χ3v) is 5.06. The van der Waals surface area contributed by atoms with Crippen LogP contribution in [0.25, 0.3) is 0 Å². The molecule has 0 saturated carbocycles. The molecule has 7 heteroatoms. The van der Waals surface area contributed by atoms with Crippen molar-refractivity contribution in [3.63, 3.8) is 0 Å². The van der Waals surface area contributed by atoms with Crippen LogP contribution in [0.1, 0.15) is 23.6 Å². The molecule has 0 unspecified atom stereocenters. The second-order valence-electron chi connectivity index (χ2n) is 5.82. The Balaban J connectivity index is 1.78. The van der Waals surface area contributed by atoms with Crippen molar-refractivity contribution in [1.29, 1.82) is 0 Å². The SMILES string of the molecule is COc1ccc(C)cc1NC(=O)C[C@H]1CSc2ncc(C)c(=O)n21. The van der Waals surface area contributed by atoms with Gasteiger partial charge in [0.1, 0.15) is 5.75 Å². The maximum Gasteiger partial charge on any atom is 0.257 e. The number of benzene rings is 1. The molecule has 0 aliphatic carbocycles. The van der Waals surface area contributed by atoms with E-state index in [1.807, 2.05) is 25.1 Å². The molecule has 0 saturated heterocycles. The van der Waals surface area contributed by atoms with Crippen LogP contribution in [0.3, 0.4) is 0 Å². The molecule has 1 aromatic heterocycles. The molecule has 0 radical (unpaired) electrons. The number of anilines is 1. The molecular formula is C17H19N3O3S. The van der Waals surface area contributed by atoms with E-state index in [4.69, 9.17) is 4.74 Å². The number of thioether (sulfide) groups is 1. The van der Waals surface area contributed by atoms with Crippen LogP contribution in [0, 0.1) is 13.8 Å². The predicted octanol–water partition coefficient (Wildman–Crippen LogP) is 2.54. The molecule has 6 nitrogen and oxygen atoms in total. The van der Waals surface area contributed by atoms with Gasteiger partial charge in [0.05, 0.1) is 18.8 Å². The molecule has 3 rings (SSSR count). The Morgan fingerprint density at radius 1 is 1.46 bits per heavy atom. The molecule has 24 heavy (non-hydrogen) atoms. The molecule has 1 amide bonds. The summed E-state index contributed by atoms with van der Waals surface area (Å²) in [6.07, 6.45) is 1.81. The number of nitrogens with zero attached hydrogens (tertiary/aromatic N) is 2. The van der Waals surface area contributed by atoms with Gasteiger partial charge in [0.25, 0.3) is 5.56 Å². The van der Waals surface area contributed by atoms with Crippen LogP contribution >= 0.6 is 11.8 Å². The van der Waals surface area contributed by atoms with E-state index in [9.17, 15) is 9.59 Å². The van der Waals surface area contributed by atoms with Crippen LogP contribution in [-0.2, 0) is 4.79 Å². The minimum absolute atomic E-state index is 0.0732. The van der Waals surface area contributed by atoms with Crippen molar-refractivity contribution >= 4 is 23.4 Å². The van der Waals surface area contributed by atoms with Crippen molar-refractivity contribution in [2.45, 2.75) is 31.5 Å². The second-order valence-corrected chi connectivity index (χ2v) is 6.81. The van der Waals surface area contributed by atoms with Gasteiger partial charge in [-0.3, -0.25) is 14.2 Å². The lowest BCUT2D eigenvalue weighted by Gasteiger charge is -2.15. The highest BCUT2D eigenvalue weighted by Gasteiger charge is 2.27. The average Bonchev–Trinajstić information content (AvgIpc) is 2.94. The molecular weight excluding hydrogens is 326 g/mol. The van der Waals surface area contributed by atoms with Gasteiger partial charge in [-0.15, -0.1) is 0 Å². The number of carbonyl (C=O) groups is 1. The highest BCUT2D eigenvalue weighted by Crippen LogP contribution is 2.32. The van der Waals surface area contributed by atoms with Crippen molar-refractivity contribution in [3.05, 3.63) is 45.9 Å². The summed E-state index contributed by atoms with van der Waals surface area (Å²) in [5.74, 6) is 1.14. The summed E-state index contributed by atoms with van der Waals surface area (Å²) in [5, 5.41) is 3.56. The number of aryl methyl sites for hydroxylation is 2. The van der Waals surface area contributed by atoms with Gasteiger partial charge in [0.15, 0.2) is 5.16 Å². The molecule has 0 fully saturated rings. The van der Waals surface area contributed by atoms with Crippen molar-refractivity contribution in [1.82, 2.24) is 9.55 Å². The van der Waals surface area contributed by atoms with Gasteiger partial charge in [-0.05, 0) is 31.5 Å². The average molecular weight is 345 g/mol. The zero-order valence-electron chi connectivity index (χ0n) is 13.8. The molecule has 0 bridgehead atoms. The fourth-order valence-electron chi connectivity index (χ4n) is 2.71. The molecule has 0 spiro atoms. The summed E-state index contributed by atoms with van der Waals surface area (Å²) in [5.41, 5.74) is 2.19. The normalized spacial score (nSPS) is 15.9. The zero-order valence-corrected chi connectivity index (χ0v) is 14.6. The van der Waals surface area contributed by atoms with Gasteiger partial charge in [-0.2, -0.15) is 0 Å². The number of hydrogen-bond acceptors (Lipinski definition) is 5. The van der Waals surface area contributed by atoms with Gasteiger partial charge in [-0.25, -0.2) is 4.98 Å². The van der Waals surface area contributed by atoms with Crippen LogP contribution in [0.15, 0.2) is 34.3 Å². The third-order valence-electron chi connectivity index (χ3n) is 3.95. The molecule has 1 aliphatic heterocycles. The minimum atomic E-state index is -0.180. The van der Waals surface area contributed by atoms with Crippen LogP contribution in [0.4, 0.5) is 5.69 Å². The number of ether oxygens (including phenoxy) is 1. The minimum Gasteiger partial charge on any atom is -0.495 e. The lowest BCUT2D eigenvalue weighted by atomic mass is 10.1. The van der Waals surface area contributed by atoms with Gasteiger partial charge in [0, 0.05) is 23.9 Å². The molecule has 1 aromatic carbocycles. The van der Waals surface area contributed by atoms with Crippen LogP contribution < -0.4 is 15.6 Å². The summed E-state index contributed by atoms with van der Waals surface area (Å²) in [6, 6.07) is 5.43. The molecule has 1 aliphatic rings. The topological polar surface area (TPSA) is 73.2 Å². The summed E-state index contributed by atoms with van der Waals surface area (Å²) in [6.45, 7) is 3.69. The monoisotopic (exact) mass is 345 g/mol. The number of methoxy groups -OCH3 is 1. The van der Waals surface area contributed by atoms with Crippen LogP contribution in [0.2, 0.25) is 0 Å². The smallest absolute Gasteiger partial charge is 0.257 e. The summed E-state index contributed by atoms with van der Waals surface area (Å²) in [4.78, 5) is 29.0. The van der Waals surface area contributed by atoms with E-state index in [1.165, 1.54) is 11.8 Å². The second kappa shape index (κ2) is 6.68.